The molecule has 1 unspecified atom stereocenters. The third-order valence-corrected chi connectivity index (χ3v) is 2.55. The Labute approximate surface area is 104 Å². The molecule has 0 aromatic carbocycles. The van der Waals surface area contributed by atoms with Crippen LogP contribution in [0, 0.1) is 0 Å². The minimum Gasteiger partial charge on any atom is -0.480 e. The molecule has 7 nitrogen and oxygen atoms in total. The van der Waals surface area contributed by atoms with Gasteiger partial charge in [-0.05, 0) is 13.3 Å². The van der Waals surface area contributed by atoms with Gasteiger partial charge in [0.1, 0.15) is 5.54 Å². The molecule has 0 saturated carbocycles. The number of nitrogens with zero attached hydrogens (tertiary/aromatic N) is 2. The van der Waals surface area contributed by atoms with Crippen molar-refractivity contribution in [1.82, 2.24) is 15.3 Å². The molecule has 0 saturated heterocycles. The summed E-state index contributed by atoms with van der Waals surface area (Å²) in [7, 11) is 0. The number of aliphatic carboxylic acids is 1. The van der Waals surface area contributed by atoms with Crippen LogP contribution in [0.2, 0.25) is 0 Å². The Hall–Kier alpha value is -2.18. The first-order valence-corrected chi connectivity index (χ1v) is 5.53. The fraction of sp³-hybridized carbons (Fsp3) is 0.455. The summed E-state index contributed by atoms with van der Waals surface area (Å²) >= 11 is 0. The number of aromatic nitrogens is 2. The zero-order valence-electron chi connectivity index (χ0n) is 10.3. The average molecular weight is 252 g/mol. The Bertz CT molecular complexity index is 463. The second-order valence-electron chi connectivity index (χ2n) is 4.13. The van der Waals surface area contributed by atoms with Gasteiger partial charge in [-0.3, -0.25) is 4.79 Å². The van der Waals surface area contributed by atoms with Crippen molar-refractivity contribution in [2.75, 3.05) is 5.73 Å². The summed E-state index contributed by atoms with van der Waals surface area (Å²) < 4.78 is 0. The Morgan fingerprint density at radius 1 is 1.44 bits per heavy atom. The first kappa shape index (κ1) is 13.9. The van der Waals surface area contributed by atoms with Crippen LogP contribution in [-0.2, 0) is 4.79 Å². The van der Waals surface area contributed by atoms with Crippen molar-refractivity contribution >= 4 is 17.7 Å². The van der Waals surface area contributed by atoms with Crippen LogP contribution in [-0.4, -0.2) is 32.5 Å². The molecule has 0 spiro atoms. The number of carboxylic acids is 1. The number of anilines is 1. The van der Waals surface area contributed by atoms with Gasteiger partial charge in [0.2, 0.25) is 0 Å². The molecule has 4 N–H and O–H groups in total. The van der Waals surface area contributed by atoms with E-state index in [0.717, 1.165) is 0 Å². The Morgan fingerprint density at radius 2 is 2.06 bits per heavy atom. The lowest BCUT2D eigenvalue weighted by Gasteiger charge is -2.25. The van der Waals surface area contributed by atoms with Crippen LogP contribution in [0.15, 0.2) is 12.4 Å². The summed E-state index contributed by atoms with van der Waals surface area (Å²) in [6.07, 6.45) is 3.62. The second-order valence-corrected chi connectivity index (χ2v) is 4.13. The maximum absolute atomic E-state index is 11.9. The van der Waals surface area contributed by atoms with E-state index in [9.17, 15) is 9.59 Å². The van der Waals surface area contributed by atoms with Crippen LogP contribution in [0.4, 0.5) is 5.82 Å². The molecule has 18 heavy (non-hydrogen) atoms. The minimum atomic E-state index is -1.34. The molecule has 0 aliphatic carbocycles. The Morgan fingerprint density at radius 3 is 2.56 bits per heavy atom. The number of hydrogen-bond donors (Lipinski definition) is 3. The van der Waals surface area contributed by atoms with Gasteiger partial charge in [-0.15, -0.1) is 0 Å². The number of nitrogens with two attached hydrogens (primary N) is 1. The molecule has 0 aliphatic heterocycles. The van der Waals surface area contributed by atoms with Gasteiger partial charge in [0.25, 0.3) is 5.91 Å². The van der Waals surface area contributed by atoms with Crippen LogP contribution in [0.1, 0.15) is 37.2 Å². The maximum Gasteiger partial charge on any atom is 0.329 e. The zero-order valence-corrected chi connectivity index (χ0v) is 10.3. The highest BCUT2D eigenvalue weighted by molar-refractivity contribution is 5.99. The van der Waals surface area contributed by atoms with E-state index >= 15 is 0 Å². The summed E-state index contributed by atoms with van der Waals surface area (Å²) in [5, 5.41) is 11.6. The molecular formula is C11H16N4O3. The SMILES string of the molecule is CCCC(C)(NC(=O)c1nccnc1N)C(=O)O. The lowest BCUT2D eigenvalue weighted by molar-refractivity contribution is -0.144. The Balaban J connectivity index is 2.93. The van der Waals surface area contributed by atoms with E-state index in [1.807, 2.05) is 6.92 Å². The molecule has 0 bridgehead atoms. The first-order chi connectivity index (χ1) is 8.40. The number of rotatable bonds is 5. The van der Waals surface area contributed by atoms with Crippen molar-refractivity contribution < 1.29 is 14.7 Å². The molecule has 1 aromatic heterocycles. The summed E-state index contributed by atoms with van der Waals surface area (Å²) in [6.45, 7) is 3.29. The summed E-state index contributed by atoms with van der Waals surface area (Å²) in [6, 6.07) is 0. The van der Waals surface area contributed by atoms with Crippen molar-refractivity contribution in [2.45, 2.75) is 32.2 Å². The summed E-state index contributed by atoms with van der Waals surface area (Å²) in [5.41, 5.74) is 4.10. The van der Waals surface area contributed by atoms with E-state index in [1.165, 1.54) is 19.3 Å². The van der Waals surface area contributed by atoms with E-state index in [1.54, 1.807) is 0 Å². The topological polar surface area (TPSA) is 118 Å². The normalized spacial score (nSPS) is 13.7. The van der Waals surface area contributed by atoms with Crippen molar-refractivity contribution in [3.8, 4) is 0 Å². The maximum atomic E-state index is 11.9. The van der Waals surface area contributed by atoms with E-state index < -0.39 is 17.4 Å². The van der Waals surface area contributed by atoms with E-state index in [4.69, 9.17) is 10.8 Å². The number of carbonyl (C=O) groups excluding carboxylic acids is 1. The number of carbonyl (C=O) groups is 2. The quantitative estimate of drug-likeness (QED) is 0.699. The standard InChI is InChI=1S/C11H16N4O3/c1-3-4-11(2,10(17)18)15-9(16)7-8(12)14-6-5-13-7/h5-6H,3-4H2,1-2H3,(H2,12,14)(H,15,16)(H,17,18). The number of nitrogen functional groups attached to an aromatic ring is 1. The Kier molecular flexibility index (Phi) is 4.19. The molecule has 1 amide bonds. The van der Waals surface area contributed by atoms with Gasteiger partial charge in [-0.25, -0.2) is 14.8 Å². The molecule has 1 atom stereocenters. The van der Waals surface area contributed by atoms with Gasteiger partial charge in [-0.2, -0.15) is 0 Å². The molecule has 0 fully saturated rings. The molecule has 1 heterocycles. The predicted molar refractivity (Wildman–Crippen MR) is 64.9 cm³/mol. The average Bonchev–Trinajstić information content (AvgIpc) is 2.29. The van der Waals surface area contributed by atoms with Gasteiger partial charge >= 0.3 is 5.97 Å². The van der Waals surface area contributed by atoms with Gasteiger partial charge in [0.15, 0.2) is 11.5 Å². The van der Waals surface area contributed by atoms with Crippen LogP contribution < -0.4 is 11.1 Å². The third-order valence-electron chi connectivity index (χ3n) is 2.55. The number of hydrogen-bond acceptors (Lipinski definition) is 5. The molecule has 1 aromatic rings. The molecule has 1 rings (SSSR count). The second kappa shape index (κ2) is 5.44. The van der Waals surface area contributed by atoms with Crippen LogP contribution in [0.5, 0.6) is 0 Å². The minimum absolute atomic E-state index is 0.0285. The van der Waals surface area contributed by atoms with Crippen molar-refractivity contribution in [1.29, 1.82) is 0 Å². The van der Waals surface area contributed by atoms with Gasteiger partial charge < -0.3 is 16.2 Å². The van der Waals surface area contributed by atoms with Crippen LogP contribution >= 0.6 is 0 Å². The van der Waals surface area contributed by atoms with Crippen molar-refractivity contribution in [2.24, 2.45) is 0 Å². The molecule has 98 valence electrons. The van der Waals surface area contributed by atoms with E-state index in [0.29, 0.717) is 12.8 Å². The fourth-order valence-corrected chi connectivity index (χ4v) is 1.56. The highest BCUT2D eigenvalue weighted by atomic mass is 16.4. The van der Waals surface area contributed by atoms with Crippen molar-refractivity contribution in [3.63, 3.8) is 0 Å². The molecule has 0 radical (unpaired) electrons. The van der Waals surface area contributed by atoms with Crippen LogP contribution in [0.3, 0.4) is 0 Å². The number of amides is 1. The first-order valence-electron chi connectivity index (χ1n) is 5.53. The lowest BCUT2D eigenvalue weighted by atomic mass is 9.96. The third kappa shape index (κ3) is 2.93. The summed E-state index contributed by atoms with van der Waals surface area (Å²) in [4.78, 5) is 30.6. The summed E-state index contributed by atoms with van der Waals surface area (Å²) in [5.74, 6) is -1.77. The van der Waals surface area contributed by atoms with Crippen molar-refractivity contribution in [3.05, 3.63) is 18.1 Å². The molecular weight excluding hydrogens is 236 g/mol. The highest BCUT2D eigenvalue weighted by Crippen LogP contribution is 2.14. The van der Waals surface area contributed by atoms with Crippen LogP contribution in [0.25, 0.3) is 0 Å². The van der Waals surface area contributed by atoms with Gasteiger partial charge in [0, 0.05) is 12.4 Å². The molecule has 7 heteroatoms. The molecule has 0 aliphatic rings. The van der Waals surface area contributed by atoms with E-state index in [-0.39, 0.29) is 11.5 Å². The van der Waals surface area contributed by atoms with E-state index in [2.05, 4.69) is 15.3 Å². The highest BCUT2D eigenvalue weighted by Gasteiger charge is 2.34. The smallest absolute Gasteiger partial charge is 0.329 e. The largest absolute Gasteiger partial charge is 0.480 e. The zero-order chi connectivity index (χ0) is 13.8. The predicted octanol–water partition coefficient (Wildman–Crippen LogP) is 0.432. The van der Waals surface area contributed by atoms with Gasteiger partial charge in [-0.1, -0.05) is 13.3 Å². The number of carboxylic acid groups (broad SMARTS) is 1. The fourth-order valence-electron chi connectivity index (χ4n) is 1.56. The number of nitrogens with one attached hydrogen (secondary N) is 1. The van der Waals surface area contributed by atoms with Gasteiger partial charge in [0.05, 0.1) is 0 Å². The lowest BCUT2D eigenvalue weighted by Crippen LogP contribution is -2.52. The monoisotopic (exact) mass is 252 g/mol.